The zero-order valence-corrected chi connectivity index (χ0v) is 7.69. The second-order valence-corrected chi connectivity index (χ2v) is 2.73. The van der Waals surface area contributed by atoms with Crippen LogP contribution in [0.1, 0.15) is 0 Å². The van der Waals surface area contributed by atoms with Gasteiger partial charge in [-0.25, -0.2) is 4.57 Å². The van der Waals surface area contributed by atoms with Crippen molar-refractivity contribution in [1.29, 1.82) is 0 Å². The van der Waals surface area contributed by atoms with Gasteiger partial charge in [0, 0.05) is 17.7 Å². The molecular formula is C12H14N+. The first-order chi connectivity index (χ1) is 6.36. The molecule has 0 fully saturated rings. The number of rotatable bonds is 4. The van der Waals surface area contributed by atoms with Crippen molar-refractivity contribution < 1.29 is 4.57 Å². The number of allylic oxidation sites excluding steroid dienone is 4. The van der Waals surface area contributed by atoms with Crippen LogP contribution in [0.3, 0.4) is 0 Å². The van der Waals surface area contributed by atoms with E-state index < -0.39 is 0 Å². The van der Waals surface area contributed by atoms with Gasteiger partial charge in [0.05, 0.1) is 0 Å². The summed E-state index contributed by atoms with van der Waals surface area (Å²) >= 11 is 0. The molecule has 0 spiro atoms. The van der Waals surface area contributed by atoms with E-state index in [1.807, 2.05) is 42.7 Å². The van der Waals surface area contributed by atoms with Crippen LogP contribution in [0.4, 0.5) is 0 Å². The van der Waals surface area contributed by atoms with Gasteiger partial charge in [0.1, 0.15) is 0 Å². The molecule has 0 bridgehead atoms. The van der Waals surface area contributed by atoms with Gasteiger partial charge in [0.25, 0.3) is 0 Å². The average molecular weight is 172 g/mol. The summed E-state index contributed by atoms with van der Waals surface area (Å²) in [6.07, 6.45) is 9.65. The molecule has 1 heteroatoms. The van der Waals surface area contributed by atoms with E-state index >= 15 is 0 Å². The number of hydrogen-bond acceptors (Lipinski definition) is 0. The molecule has 1 heterocycles. The Morgan fingerprint density at radius 1 is 1.15 bits per heavy atom. The maximum atomic E-state index is 3.75. The Balaban J connectivity index is 2.73. The van der Waals surface area contributed by atoms with E-state index in [4.69, 9.17) is 0 Å². The summed E-state index contributed by atoms with van der Waals surface area (Å²) in [5, 5.41) is 0. The van der Waals surface area contributed by atoms with Crippen molar-refractivity contribution in [3.8, 4) is 0 Å². The van der Waals surface area contributed by atoms with Crippen LogP contribution < -0.4 is 4.57 Å². The van der Waals surface area contributed by atoms with Gasteiger partial charge in [-0.15, -0.1) is 0 Å². The average Bonchev–Trinajstić information content (AvgIpc) is 2.19. The molecule has 0 unspecified atom stereocenters. The molecule has 1 aromatic rings. The highest BCUT2D eigenvalue weighted by Crippen LogP contribution is 1.95. The summed E-state index contributed by atoms with van der Waals surface area (Å²) in [7, 11) is 0. The van der Waals surface area contributed by atoms with Crippen LogP contribution in [0.15, 0.2) is 67.6 Å². The summed E-state index contributed by atoms with van der Waals surface area (Å²) in [5.41, 5.74) is 1.16. The summed E-state index contributed by atoms with van der Waals surface area (Å²) in [4.78, 5) is 0. The molecule has 0 aromatic carbocycles. The zero-order valence-electron chi connectivity index (χ0n) is 7.69. The first-order valence-electron chi connectivity index (χ1n) is 4.25. The Morgan fingerprint density at radius 2 is 1.85 bits per heavy atom. The molecule has 1 nitrogen and oxygen atoms in total. The second-order valence-electron chi connectivity index (χ2n) is 2.73. The van der Waals surface area contributed by atoms with Crippen LogP contribution >= 0.6 is 0 Å². The topological polar surface area (TPSA) is 3.88 Å². The lowest BCUT2D eigenvalue weighted by Crippen LogP contribution is -2.32. The van der Waals surface area contributed by atoms with Crippen LogP contribution in [-0.2, 0) is 6.54 Å². The fraction of sp³-hybridized carbons (Fsp3) is 0.0833. The van der Waals surface area contributed by atoms with E-state index in [2.05, 4.69) is 17.7 Å². The van der Waals surface area contributed by atoms with Gasteiger partial charge >= 0.3 is 0 Å². The summed E-state index contributed by atoms with van der Waals surface area (Å²) < 4.78 is 2.09. The highest BCUT2D eigenvalue weighted by molar-refractivity contribution is 5.19. The molecule has 13 heavy (non-hydrogen) atoms. The van der Waals surface area contributed by atoms with E-state index in [-0.39, 0.29) is 0 Å². The van der Waals surface area contributed by atoms with Gasteiger partial charge in [-0.2, -0.15) is 0 Å². The summed E-state index contributed by atoms with van der Waals surface area (Å²) in [6.45, 7) is 8.25. The van der Waals surface area contributed by atoms with Gasteiger partial charge in [-0.1, -0.05) is 37.5 Å². The van der Waals surface area contributed by atoms with Crippen LogP contribution in [-0.4, -0.2) is 0 Å². The van der Waals surface area contributed by atoms with E-state index in [9.17, 15) is 0 Å². The van der Waals surface area contributed by atoms with Crippen LogP contribution in [0.5, 0.6) is 0 Å². The SMILES string of the molecule is C=C/C=C(\C=C)C[n+]1ccccc1. The number of nitrogens with zero attached hydrogens (tertiary/aromatic N) is 1. The Labute approximate surface area is 79.3 Å². The van der Waals surface area contributed by atoms with Crippen LogP contribution in [0.25, 0.3) is 0 Å². The molecule has 0 saturated heterocycles. The van der Waals surface area contributed by atoms with Crippen molar-refractivity contribution in [1.82, 2.24) is 0 Å². The maximum absolute atomic E-state index is 3.75. The Morgan fingerprint density at radius 3 is 2.38 bits per heavy atom. The first kappa shape index (κ1) is 9.46. The van der Waals surface area contributed by atoms with Crippen molar-refractivity contribution in [2.24, 2.45) is 0 Å². The zero-order chi connectivity index (χ0) is 9.52. The second kappa shape index (κ2) is 5.09. The predicted octanol–water partition coefficient (Wildman–Crippen LogP) is 2.27. The van der Waals surface area contributed by atoms with Gasteiger partial charge < -0.3 is 0 Å². The van der Waals surface area contributed by atoms with E-state index in [1.165, 1.54) is 0 Å². The number of pyridine rings is 1. The summed E-state index contributed by atoms with van der Waals surface area (Å²) in [6, 6.07) is 6.02. The lowest BCUT2D eigenvalue weighted by atomic mass is 10.2. The third kappa shape index (κ3) is 3.08. The van der Waals surface area contributed by atoms with Crippen molar-refractivity contribution in [3.05, 3.63) is 67.6 Å². The van der Waals surface area contributed by atoms with E-state index in [0.717, 1.165) is 12.1 Å². The molecule has 0 aliphatic heterocycles. The van der Waals surface area contributed by atoms with Gasteiger partial charge in [0.2, 0.25) is 0 Å². The molecule has 1 aromatic heterocycles. The molecule has 0 atom stereocenters. The van der Waals surface area contributed by atoms with Gasteiger partial charge in [0.15, 0.2) is 18.9 Å². The molecule has 0 N–H and O–H groups in total. The first-order valence-corrected chi connectivity index (χ1v) is 4.25. The van der Waals surface area contributed by atoms with Gasteiger partial charge in [-0.05, 0) is 0 Å². The minimum atomic E-state index is 0.844. The highest BCUT2D eigenvalue weighted by atomic mass is 14.9. The smallest absolute Gasteiger partial charge is 0.173 e. The van der Waals surface area contributed by atoms with Crippen molar-refractivity contribution in [3.63, 3.8) is 0 Å². The lowest BCUT2D eigenvalue weighted by molar-refractivity contribution is -0.688. The van der Waals surface area contributed by atoms with Crippen molar-refractivity contribution in [2.45, 2.75) is 6.54 Å². The lowest BCUT2D eigenvalue weighted by Gasteiger charge is -1.95. The largest absolute Gasteiger partial charge is 0.201 e. The Kier molecular flexibility index (Phi) is 3.71. The molecule has 0 saturated carbocycles. The monoisotopic (exact) mass is 172 g/mol. The van der Waals surface area contributed by atoms with E-state index in [1.54, 1.807) is 6.08 Å². The standard InChI is InChI=1S/C12H14N/c1-3-8-12(4-2)11-13-9-6-5-7-10-13/h3-10H,1-2,11H2/q+1/b12-8+. The molecule has 0 aliphatic carbocycles. The molecule has 0 radical (unpaired) electrons. The normalized spacial score (nSPS) is 10.9. The maximum Gasteiger partial charge on any atom is 0.173 e. The minimum absolute atomic E-state index is 0.844. The Bertz CT molecular complexity index is 309. The van der Waals surface area contributed by atoms with E-state index in [0.29, 0.717) is 0 Å². The molecule has 0 aliphatic rings. The number of hydrogen-bond donors (Lipinski definition) is 0. The fourth-order valence-electron chi connectivity index (χ4n) is 1.09. The minimum Gasteiger partial charge on any atom is -0.201 e. The number of aromatic nitrogens is 1. The molecular weight excluding hydrogens is 158 g/mol. The quantitative estimate of drug-likeness (QED) is 0.484. The third-order valence-electron chi connectivity index (χ3n) is 1.74. The van der Waals surface area contributed by atoms with Crippen molar-refractivity contribution >= 4 is 0 Å². The molecule has 1 rings (SSSR count). The molecule has 0 amide bonds. The van der Waals surface area contributed by atoms with Crippen molar-refractivity contribution in [2.75, 3.05) is 0 Å². The van der Waals surface area contributed by atoms with Crippen LogP contribution in [0.2, 0.25) is 0 Å². The Hall–Kier alpha value is -1.63. The fourth-order valence-corrected chi connectivity index (χ4v) is 1.09. The highest BCUT2D eigenvalue weighted by Gasteiger charge is 1.98. The predicted molar refractivity (Wildman–Crippen MR) is 55.1 cm³/mol. The summed E-state index contributed by atoms with van der Waals surface area (Å²) in [5.74, 6) is 0. The third-order valence-corrected chi connectivity index (χ3v) is 1.74. The molecule has 66 valence electrons. The van der Waals surface area contributed by atoms with Crippen LogP contribution in [0, 0.1) is 0 Å². The van der Waals surface area contributed by atoms with Gasteiger partial charge in [-0.3, -0.25) is 0 Å².